The van der Waals surface area contributed by atoms with Crippen LogP contribution in [0.25, 0.3) is 0 Å². The smallest absolute Gasteiger partial charge is 0.351 e. The molecule has 4 unspecified atom stereocenters. The molecule has 0 saturated carbocycles. The number of hydrogen-bond acceptors (Lipinski definition) is 10. The molecule has 1 fully saturated rings. The van der Waals surface area contributed by atoms with Gasteiger partial charge in [-0.3, -0.25) is 14.4 Å². The van der Waals surface area contributed by atoms with Crippen molar-refractivity contribution in [3.8, 4) is 0 Å². The lowest BCUT2D eigenvalue weighted by Crippen LogP contribution is -2.37. The van der Waals surface area contributed by atoms with Gasteiger partial charge in [0.05, 0.1) is 30.4 Å². The maximum Gasteiger partial charge on any atom is 0.351 e. The molecule has 4 atom stereocenters. The summed E-state index contributed by atoms with van der Waals surface area (Å²) in [6.45, 7) is 4.51. The molecule has 0 spiro atoms. The van der Waals surface area contributed by atoms with Crippen molar-refractivity contribution >= 4 is 38.1 Å². The molecule has 0 radical (unpaired) electrons. The number of rotatable bonds is 11. The maximum absolute atomic E-state index is 14.5. The second-order valence-electron chi connectivity index (χ2n) is 7.20. The highest BCUT2D eigenvalue weighted by atomic mass is 35.5. The molecule has 1 aliphatic heterocycles. The van der Waals surface area contributed by atoms with Crippen LogP contribution in [0.15, 0.2) is 11.0 Å². The van der Waals surface area contributed by atoms with Gasteiger partial charge in [-0.2, -0.15) is 4.98 Å². The Morgan fingerprint density at radius 1 is 1.53 bits per heavy atom. The molecule has 4 N–H and O–H groups in total. The van der Waals surface area contributed by atoms with Gasteiger partial charge in [-0.05, 0) is 20.8 Å². The number of halogens is 3. The molecule has 2 heterocycles. The second-order valence-corrected chi connectivity index (χ2v) is 9.02. The number of carbonyl (C=O) groups is 2. The van der Waals surface area contributed by atoms with E-state index in [0.717, 1.165) is 6.20 Å². The molecule has 0 bridgehead atoms. The van der Waals surface area contributed by atoms with Gasteiger partial charge in [0.15, 0.2) is 8.45 Å². The number of nitrogens with zero attached hydrogens (tertiary/aromatic N) is 2. The zero-order chi connectivity index (χ0) is 24.1. The number of anilines is 1. The number of esters is 1. The number of nitrogens with two attached hydrogens (primary N) is 1. The van der Waals surface area contributed by atoms with E-state index in [1.54, 1.807) is 13.8 Å². The Bertz CT molecular complexity index is 876. The Kier molecular flexibility index (Phi) is 9.43. The van der Waals surface area contributed by atoms with E-state index in [0.29, 0.717) is 10.9 Å². The molecular weight excluding hydrogens is 475 g/mol. The zero-order valence-corrected chi connectivity index (χ0v) is 19.2. The normalized spacial score (nSPS) is 22.0. The lowest BCUT2D eigenvalue weighted by atomic mass is 10.2. The largest absolute Gasteiger partial charge is 0.462 e. The third-order valence-corrected chi connectivity index (χ3v) is 5.88. The number of carbonyl (C=O) groups excluding carboxylic acids is 2. The highest BCUT2D eigenvalue weighted by molar-refractivity contribution is 7.48. The maximum atomic E-state index is 14.5. The van der Waals surface area contributed by atoms with Crippen LogP contribution >= 0.6 is 20.1 Å². The van der Waals surface area contributed by atoms with Gasteiger partial charge >= 0.3 is 11.7 Å². The van der Waals surface area contributed by atoms with E-state index in [4.69, 9.17) is 31.3 Å². The first-order valence-electron chi connectivity index (χ1n) is 9.59. The van der Waals surface area contributed by atoms with Gasteiger partial charge in [0.1, 0.15) is 18.1 Å². The molecule has 0 aliphatic carbocycles. The molecule has 0 aromatic carbocycles. The Morgan fingerprint density at radius 2 is 2.22 bits per heavy atom. The van der Waals surface area contributed by atoms with E-state index < -0.39 is 50.8 Å². The summed E-state index contributed by atoms with van der Waals surface area (Å²) in [5.74, 6) is -4.24. The predicted molar refractivity (Wildman–Crippen MR) is 112 cm³/mol. The molecule has 2 rings (SSSR count). The van der Waals surface area contributed by atoms with Crippen molar-refractivity contribution in [1.29, 1.82) is 0 Å². The summed E-state index contributed by atoms with van der Waals surface area (Å²) in [4.78, 5) is 38.1. The second kappa shape index (κ2) is 11.4. The summed E-state index contributed by atoms with van der Waals surface area (Å²) in [7, 11) is -1.77. The molecule has 15 heteroatoms. The van der Waals surface area contributed by atoms with Gasteiger partial charge in [0.2, 0.25) is 6.23 Å². The van der Waals surface area contributed by atoms with Gasteiger partial charge < -0.3 is 24.5 Å². The fraction of sp³-hybridized carbons (Fsp3) is 0.647. The predicted octanol–water partition coefficient (Wildman–Crippen LogP) is 1.36. The van der Waals surface area contributed by atoms with E-state index in [2.05, 4.69) is 15.2 Å². The summed E-state index contributed by atoms with van der Waals surface area (Å²) in [5.41, 5.74) is 4.38. The molecule has 11 nitrogen and oxygen atoms in total. The van der Waals surface area contributed by atoms with E-state index in [1.165, 1.54) is 6.92 Å². The van der Waals surface area contributed by atoms with Crippen LogP contribution in [0.4, 0.5) is 14.6 Å². The zero-order valence-electron chi connectivity index (χ0n) is 17.6. The fourth-order valence-electron chi connectivity index (χ4n) is 2.70. The molecule has 1 saturated heterocycles. The van der Waals surface area contributed by atoms with Gasteiger partial charge in [-0.1, -0.05) is 11.6 Å². The van der Waals surface area contributed by atoms with E-state index >= 15 is 0 Å². The Morgan fingerprint density at radius 3 is 2.84 bits per heavy atom. The van der Waals surface area contributed by atoms with Crippen LogP contribution in [0.1, 0.15) is 33.4 Å². The van der Waals surface area contributed by atoms with Crippen molar-refractivity contribution in [3.05, 3.63) is 21.7 Å². The van der Waals surface area contributed by atoms with Crippen molar-refractivity contribution in [3.63, 3.8) is 0 Å². The van der Waals surface area contributed by atoms with Crippen molar-refractivity contribution in [1.82, 2.24) is 19.7 Å². The summed E-state index contributed by atoms with van der Waals surface area (Å²) in [6.07, 6.45) is -2.59. The van der Waals surface area contributed by atoms with Crippen LogP contribution in [-0.2, 0) is 23.6 Å². The number of aromatic nitrogens is 2. The van der Waals surface area contributed by atoms with Crippen molar-refractivity contribution in [2.24, 2.45) is 0 Å². The SMILES string of the molecule is CC(C)OC(=O)C(C)NP(NCC=O)OCC1CC(F)(F)C(n2cc(Cl)c(N)nc2=O)O1. The van der Waals surface area contributed by atoms with Crippen molar-refractivity contribution in [2.75, 3.05) is 18.9 Å². The Balaban J connectivity index is 2.04. The third kappa shape index (κ3) is 7.12. The molecule has 1 aromatic heterocycles. The first kappa shape index (κ1) is 26.5. The highest BCUT2D eigenvalue weighted by Gasteiger charge is 2.52. The first-order valence-corrected chi connectivity index (χ1v) is 11.2. The number of nitrogen functional groups attached to an aromatic ring is 1. The third-order valence-electron chi connectivity index (χ3n) is 4.09. The van der Waals surface area contributed by atoms with Gasteiger partial charge in [-0.25, -0.2) is 18.7 Å². The molecule has 1 aliphatic rings. The first-order chi connectivity index (χ1) is 14.9. The van der Waals surface area contributed by atoms with Gasteiger partial charge in [-0.15, -0.1) is 0 Å². The fourth-order valence-corrected chi connectivity index (χ4v) is 4.11. The number of hydrogen-bond donors (Lipinski definition) is 3. The summed E-state index contributed by atoms with van der Waals surface area (Å²) in [5, 5.41) is 5.39. The van der Waals surface area contributed by atoms with Crippen LogP contribution in [-0.4, -0.2) is 59.1 Å². The summed E-state index contributed by atoms with van der Waals surface area (Å²) >= 11 is 5.80. The molecule has 32 heavy (non-hydrogen) atoms. The van der Waals surface area contributed by atoms with Crippen LogP contribution in [0, 0.1) is 0 Å². The lowest BCUT2D eigenvalue weighted by Gasteiger charge is -2.24. The monoisotopic (exact) mass is 499 g/mol. The van der Waals surface area contributed by atoms with Crippen LogP contribution in [0.3, 0.4) is 0 Å². The standard InChI is InChI=1S/C17H25ClF2N5O6P/c1-9(2)30-14(27)10(3)24-32(22-4-5-26)29-8-11-6-17(19,20)15(31-11)25-7-12(18)13(21)23-16(25)28/h5,7,9-11,15,22,24H,4,6,8H2,1-3H3,(H2,21,23,28). The van der Waals surface area contributed by atoms with E-state index in [-0.39, 0.29) is 30.1 Å². The average molecular weight is 500 g/mol. The summed E-state index contributed by atoms with van der Waals surface area (Å²) < 4.78 is 45.7. The molecule has 1 aromatic rings. The van der Waals surface area contributed by atoms with Gasteiger partial charge in [0, 0.05) is 12.6 Å². The number of alkyl halides is 2. The molecular formula is C17H25ClF2N5O6P. The average Bonchev–Trinajstić information content (AvgIpc) is 3.00. The van der Waals surface area contributed by atoms with Crippen LogP contribution in [0.2, 0.25) is 5.02 Å². The topological polar surface area (TPSA) is 147 Å². The van der Waals surface area contributed by atoms with E-state index in [1.807, 2.05) is 0 Å². The number of aldehydes is 1. The highest BCUT2D eigenvalue weighted by Crippen LogP contribution is 2.43. The number of nitrogens with one attached hydrogen (secondary N) is 2. The quantitative estimate of drug-likeness (QED) is 0.231. The van der Waals surface area contributed by atoms with Crippen LogP contribution in [0.5, 0.6) is 0 Å². The van der Waals surface area contributed by atoms with Gasteiger partial charge in [0.25, 0.3) is 5.92 Å². The molecule has 0 amide bonds. The van der Waals surface area contributed by atoms with Crippen molar-refractivity contribution in [2.45, 2.75) is 57.6 Å². The lowest BCUT2D eigenvalue weighted by molar-refractivity contribution is -0.149. The Hall–Kier alpha value is -1.76. The Labute approximate surface area is 188 Å². The van der Waals surface area contributed by atoms with Crippen LogP contribution < -0.4 is 21.6 Å². The summed E-state index contributed by atoms with van der Waals surface area (Å²) in [6, 6.07) is -0.789. The minimum atomic E-state index is -3.42. The number of ether oxygens (including phenoxy) is 2. The van der Waals surface area contributed by atoms with E-state index in [9.17, 15) is 23.2 Å². The minimum Gasteiger partial charge on any atom is -0.462 e. The molecule has 180 valence electrons. The van der Waals surface area contributed by atoms with Crippen molar-refractivity contribution < 1.29 is 32.4 Å². The minimum absolute atomic E-state index is 0.0973.